The van der Waals surface area contributed by atoms with Crippen LogP contribution in [0.1, 0.15) is 16.7 Å². The topological polar surface area (TPSA) is 46.2 Å². The van der Waals surface area contributed by atoms with Crippen LogP contribution in [0.15, 0.2) is 41.3 Å². The van der Waals surface area contributed by atoms with E-state index in [1.807, 2.05) is 32.0 Å². The molecule has 2 aromatic carbocycles. The summed E-state index contributed by atoms with van der Waals surface area (Å²) in [6, 6.07) is 10.4. The SMILES string of the molecule is Cc1cc(Cl)ccc1S(=O)(=O)Nc1c(C)cccc1C. The molecular weight excluding hydrogens is 294 g/mol. The fourth-order valence-electron chi connectivity index (χ4n) is 2.08. The largest absolute Gasteiger partial charge is 0.279 e. The number of benzene rings is 2. The van der Waals surface area contributed by atoms with Crippen molar-refractivity contribution in [3.63, 3.8) is 0 Å². The van der Waals surface area contributed by atoms with Crippen LogP contribution in [0.2, 0.25) is 5.02 Å². The van der Waals surface area contributed by atoms with Crippen molar-refractivity contribution >= 4 is 27.3 Å². The molecule has 0 aliphatic rings. The zero-order valence-electron chi connectivity index (χ0n) is 11.6. The van der Waals surface area contributed by atoms with E-state index in [1.54, 1.807) is 19.1 Å². The second kappa shape index (κ2) is 5.46. The molecule has 2 rings (SSSR count). The van der Waals surface area contributed by atoms with Gasteiger partial charge in [0.2, 0.25) is 0 Å². The Balaban J connectivity index is 2.46. The Kier molecular flexibility index (Phi) is 4.06. The lowest BCUT2D eigenvalue weighted by Crippen LogP contribution is -2.15. The van der Waals surface area contributed by atoms with E-state index in [9.17, 15) is 8.42 Å². The van der Waals surface area contributed by atoms with Gasteiger partial charge in [0.1, 0.15) is 0 Å². The lowest BCUT2D eigenvalue weighted by Gasteiger charge is -2.14. The molecule has 0 radical (unpaired) electrons. The minimum atomic E-state index is -3.61. The number of anilines is 1. The highest BCUT2D eigenvalue weighted by Crippen LogP contribution is 2.26. The highest BCUT2D eigenvalue weighted by atomic mass is 35.5. The monoisotopic (exact) mass is 309 g/mol. The van der Waals surface area contributed by atoms with E-state index in [0.717, 1.165) is 11.1 Å². The van der Waals surface area contributed by atoms with Crippen molar-refractivity contribution in [3.05, 3.63) is 58.1 Å². The van der Waals surface area contributed by atoms with E-state index >= 15 is 0 Å². The number of nitrogens with one attached hydrogen (secondary N) is 1. The van der Waals surface area contributed by atoms with Gasteiger partial charge in [0.15, 0.2) is 0 Å². The molecule has 0 aromatic heterocycles. The van der Waals surface area contributed by atoms with Gasteiger partial charge in [0.05, 0.1) is 10.6 Å². The van der Waals surface area contributed by atoms with Crippen molar-refractivity contribution < 1.29 is 8.42 Å². The van der Waals surface area contributed by atoms with Gasteiger partial charge in [-0.05, 0) is 55.7 Å². The molecule has 3 nitrogen and oxygen atoms in total. The molecule has 0 saturated heterocycles. The van der Waals surface area contributed by atoms with Gasteiger partial charge in [-0.25, -0.2) is 8.42 Å². The predicted octanol–water partition coefficient (Wildman–Crippen LogP) is 4.07. The molecule has 0 saturated carbocycles. The van der Waals surface area contributed by atoms with Crippen molar-refractivity contribution in [2.45, 2.75) is 25.7 Å². The van der Waals surface area contributed by atoms with E-state index < -0.39 is 10.0 Å². The summed E-state index contributed by atoms with van der Waals surface area (Å²) in [4.78, 5) is 0.240. The van der Waals surface area contributed by atoms with Crippen LogP contribution in [-0.4, -0.2) is 8.42 Å². The van der Waals surface area contributed by atoms with Gasteiger partial charge >= 0.3 is 0 Å². The van der Waals surface area contributed by atoms with Crippen molar-refractivity contribution in [1.82, 2.24) is 0 Å². The zero-order chi connectivity index (χ0) is 14.9. The van der Waals surface area contributed by atoms with Crippen LogP contribution in [0.4, 0.5) is 5.69 Å². The van der Waals surface area contributed by atoms with E-state index in [0.29, 0.717) is 16.3 Å². The first-order valence-electron chi connectivity index (χ1n) is 6.16. The zero-order valence-corrected chi connectivity index (χ0v) is 13.1. The lowest BCUT2D eigenvalue weighted by molar-refractivity contribution is 0.600. The minimum absolute atomic E-state index is 0.240. The van der Waals surface area contributed by atoms with Gasteiger partial charge in [-0.2, -0.15) is 0 Å². The summed E-state index contributed by atoms with van der Waals surface area (Å²) in [6.45, 7) is 5.48. The summed E-state index contributed by atoms with van der Waals surface area (Å²) in [6.07, 6.45) is 0. The highest BCUT2D eigenvalue weighted by Gasteiger charge is 2.18. The van der Waals surface area contributed by atoms with Crippen LogP contribution in [0.5, 0.6) is 0 Å². The molecule has 0 aliphatic heterocycles. The Bertz CT molecular complexity index is 734. The van der Waals surface area contributed by atoms with Crippen LogP contribution in [0, 0.1) is 20.8 Å². The first-order valence-corrected chi connectivity index (χ1v) is 8.02. The molecule has 2 aromatic rings. The standard InChI is InChI=1S/C15H16ClNO2S/c1-10-5-4-6-11(2)15(10)17-20(18,19)14-8-7-13(16)9-12(14)3/h4-9,17H,1-3H3. The molecule has 0 aliphatic carbocycles. The Labute approximate surface area is 124 Å². The van der Waals surface area contributed by atoms with Gasteiger partial charge in [-0.3, -0.25) is 4.72 Å². The van der Waals surface area contributed by atoms with E-state index in [2.05, 4.69) is 4.72 Å². The number of para-hydroxylation sites is 1. The lowest BCUT2D eigenvalue weighted by atomic mass is 10.1. The Morgan fingerprint density at radius 2 is 1.55 bits per heavy atom. The summed E-state index contributed by atoms with van der Waals surface area (Å²) in [5.74, 6) is 0. The molecular formula is C15H16ClNO2S. The average Bonchev–Trinajstić information content (AvgIpc) is 2.33. The van der Waals surface area contributed by atoms with Crippen LogP contribution in [-0.2, 0) is 10.0 Å². The molecule has 0 heterocycles. The van der Waals surface area contributed by atoms with Crippen LogP contribution in [0.25, 0.3) is 0 Å². The Morgan fingerprint density at radius 1 is 0.950 bits per heavy atom. The average molecular weight is 310 g/mol. The third-order valence-corrected chi connectivity index (χ3v) is 4.89. The van der Waals surface area contributed by atoms with Gasteiger partial charge in [0, 0.05) is 5.02 Å². The molecule has 0 bridgehead atoms. The molecule has 0 spiro atoms. The number of hydrogen-bond donors (Lipinski definition) is 1. The van der Waals surface area contributed by atoms with Gasteiger partial charge in [0.25, 0.3) is 10.0 Å². The molecule has 20 heavy (non-hydrogen) atoms. The number of aryl methyl sites for hydroxylation is 3. The quantitative estimate of drug-likeness (QED) is 0.929. The van der Waals surface area contributed by atoms with Crippen LogP contribution >= 0.6 is 11.6 Å². The first-order chi connectivity index (χ1) is 9.31. The third-order valence-electron chi connectivity index (χ3n) is 3.14. The smallest absolute Gasteiger partial charge is 0.262 e. The number of sulfonamides is 1. The maximum Gasteiger partial charge on any atom is 0.262 e. The Hall–Kier alpha value is -1.52. The van der Waals surface area contributed by atoms with Crippen molar-refractivity contribution in [3.8, 4) is 0 Å². The minimum Gasteiger partial charge on any atom is -0.279 e. The summed E-state index contributed by atoms with van der Waals surface area (Å²) in [5.41, 5.74) is 3.03. The van der Waals surface area contributed by atoms with E-state index in [-0.39, 0.29) is 4.90 Å². The maximum absolute atomic E-state index is 12.5. The highest BCUT2D eigenvalue weighted by molar-refractivity contribution is 7.92. The van der Waals surface area contributed by atoms with Crippen LogP contribution in [0.3, 0.4) is 0 Å². The molecule has 0 fully saturated rings. The summed E-state index contributed by atoms with van der Waals surface area (Å²) in [5, 5.41) is 0.522. The fourth-order valence-corrected chi connectivity index (χ4v) is 3.74. The normalized spacial score (nSPS) is 11.4. The molecule has 5 heteroatoms. The van der Waals surface area contributed by atoms with Crippen molar-refractivity contribution in [2.75, 3.05) is 4.72 Å². The second-order valence-corrected chi connectivity index (χ2v) is 6.87. The van der Waals surface area contributed by atoms with Gasteiger partial charge in [-0.15, -0.1) is 0 Å². The molecule has 1 N–H and O–H groups in total. The molecule has 106 valence electrons. The third kappa shape index (κ3) is 2.97. The van der Waals surface area contributed by atoms with Gasteiger partial charge < -0.3 is 0 Å². The number of halogens is 1. The van der Waals surface area contributed by atoms with Crippen molar-refractivity contribution in [1.29, 1.82) is 0 Å². The second-order valence-electron chi connectivity index (χ2n) is 4.78. The van der Waals surface area contributed by atoms with E-state index in [1.165, 1.54) is 6.07 Å². The van der Waals surface area contributed by atoms with Crippen LogP contribution < -0.4 is 4.72 Å². The van der Waals surface area contributed by atoms with E-state index in [4.69, 9.17) is 11.6 Å². The molecule has 0 unspecified atom stereocenters. The Morgan fingerprint density at radius 3 is 2.10 bits per heavy atom. The maximum atomic E-state index is 12.5. The summed E-state index contributed by atoms with van der Waals surface area (Å²) in [7, 11) is -3.61. The summed E-state index contributed by atoms with van der Waals surface area (Å²) >= 11 is 5.86. The van der Waals surface area contributed by atoms with Crippen molar-refractivity contribution in [2.24, 2.45) is 0 Å². The van der Waals surface area contributed by atoms with Gasteiger partial charge in [-0.1, -0.05) is 29.8 Å². The molecule has 0 amide bonds. The summed E-state index contributed by atoms with van der Waals surface area (Å²) < 4.78 is 27.6. The molecule has 0 atom stereocenters. The fraction of sp³-hybridized carbons (Fsp3) is 0.200. The predicted molar refractivity (Wildman–Crippen MR) is 82.9 cm³/mol. The number of hydrogen-bond acceptors (Lipinski definition) is 2. The number of rotatable bonds is 3. The first kappa shape index (κ1) is 14.9.